The number of piperidine rings is 1. The van der Waals surface area contributed by atoms with Gasteiger partial charge in [-0.25, -0.2) is 8.42 Å². The van der Waals surface area contributed by atoms with Crippen LogP contribution in [0.2, 0.25) is 5.02 Å². The van der Waals surface area contributed by atoms with E-state index in [0.717, 1.165) is 29.3 Å². The first-order chi connectivity index (χ1) is 16.8. The smallest absolute Gasteiger partial charge is 0.243 e. The molecule has 1 aliphatic rings. The van der Waals surface area contributed by atoms with Crippen molar-refractivity contribution in [3.63, 3.8) is 0 Å². The summed E-state index contributed by atoms with van der Waals surface area (Å²) in [5.41, 5.74) is 2.12. The van der Waals surface area contributed by atoms with Gasteiger partial charge in [-0.1, -0.05) is 70.0 Å². The summed E-state index contributed by atoms with van der Waals surface area (Å²) >= 11 is 9.37. The minimum absolute atomic E-state index is 0.106. The summed E-state index contributed by atoms with van der Waals surface area (Å²) in [5, 5.41) is 0.456. The molecule has 1 heterocycles. The van der Waals surface area contributed by atoms with Crippen molar-refractivity contribution in [1.82, 2.24) is 9.21 Å². The summed E-state index contributed by atoms with van der Waals surface area (Å²) < 4.78 is 29.1. The molecule has 0 unspecified atom stereocenters. The van der Waals surface area contributed by atoms with Crippen LogP contribution >= 0.6 is 27.5 Å². The van der Waals surface area contributed by atoms with Crippen LogP contribution in [0, 0.1) is 5.92 Å². The van der Waals surface area contributed by atoms with Gasteiger partial charge in [0.1, 0.15) is 0 Å². The summed E-state index contributed by atoms with van der Waals surface area (Å²) in [6, 6.07) is 23.9. The number of sulfonamides is 1. The average Bonchev–Trinajstić information content (AvgIpc) is 2.86. The van der Waals surface area contributed by atoms with E-state index in [1.807, 2.05) is 30.3 Å². The van der Waals surface area contributed by atoms with Gasteiger partial charge in [0, 0.05) is 29.1 Å². The highest BCUT2D eigenvalue weighted by molar-refractivity contribution is 9.10. The van der Waals surface area contributed by atoms with Gasteiger partial charge in [-0.3, -0.25) is 4.79 Å². The molecule has 0 bridgehead atoms. The van der Waals surface area contributed by atoms with E-state index in [-0.39, 0.29) is 23.9 Å². The highest BCUT2D eigenvalue weighted by atomic mass is 79.9. The fourth-order valence-electron chi connectivity index (χ4n) is 4.36. The number of carbonyl (C=O) groups is 1. The topological polar surface area (TPSA) is 57.7 Å². The molecule has 0 radical (unpaired) electrons. The van der Waals surface area contributed by atoms with Crippen LogP contribution in [0.1, 0.15) is 24.0 Å². The number of amides is 1. The molecule has 1 aliphatic heterocycles. The maximum Gasteiger partial charge on any atom is 0.243 e. The molecule has 0 atom stereocenters. The lowest BCUT2D eigenvalue weighted by atomic mass is 9.90. The van der Waals surface area contributed by atoms with Gasteiger partial charge >= 0.3 is 0 Å². The Balaban J connectivity index is 1.46. The standard InChI is InChI=1S/C27H28BrClN2O3S/c28-24-8-6-23(7-9-24)19-31(35(33,34)26-12-10-25(29)11-13-26)20-27(32)30-16-14-22(15-17-30)18-21-4-2-1-3-5-21/h1-13,22H,14-20H2. The summed E-state index contributed by atoms with van der Waals surface area (Å²) in [5.74, 6) is 0.357. The molecule has 0 aliphatic carbocycles. The first-order valence-corrected chi connectivity index (χ1v) is 14.2. The normalized spacial score (nSPS) is 14.9. The minimum Gasteiger partial charge on any atom is -0.342 e. The molecule has 3 aromatic carbocycles. The zero-order valence-electron chi connectivity index (χ0n) is 19.3. The Bertz CT molecular complexity index is 1230. The van der Waals surface area contributed by atoms with Crippen molar-refractivity contribution in [3.05, 3.63) is 99.5 Å². The van der Waals surface area contributed by atoms with E-state index in [2.05, 4.69) is 40.2 Å². The molecule has 184 valence electrons. The Morgan fingerprint density at radius 1 is 0.914 bits per heavy atom. The van der Waals surface area contributed by atoms with Crippen molar-refractivity contribution < 1.29 is 13.2 Å². The monoisotopic (exact) mass is 574 g/mol. The zero-order chi connectivity index (χ0) is 24.8. The van der Waals surface area contributed by atoms with E-state index in [9.17, 15) is 13.2 Å². The van der Waals surface area contributed by atoms with E-state index in [0.29, 0.717) is 24.0 Å². The SMILES string of the molecule is O=C(CN(Cc1ccc(Br)cc1)S(=O)(=O)c1ccc(Cl)cc1)N1CCC(Cc2ccccc2)CC1. The summed E-state index contributed by atoms with van der Waals surface area (Å²) in [6.45, 7) is 1.19. The van der Waals surface area contributed by atoms with Crippen molar-refractivity contribution in [2.24, 2.45) is 5.92 Å². The molecule has 0 N–H and O–H groups in total. The van der Waals surface area contributed by atoms with Crippen LogP contribution in [0.3, 0.4) is 0 Å². The van der Waals surface area contributed by atoms with Gasteiger partial charge < -0.3 is 4.90 Å². The van der Waals surface area contributed by atoms with Crippen molar-refractivity contribution in [3.8, 4) is 0 Å². The number of carbonyl (C=O) groups excluding carboxylic acids is 1. The van der Waals surface area contributed by atoms with Crippen molar-refractivity contribution in [2.45, 2.75) is 30.7 Å². The number of rotatable bonds is 8. The van der Waals surface area contributed by atoms with E-state index in [4.69, 9.17) is 11.6 Å². The number of hydrogen-bond donors (Lipinski definition) is 0. The summed E-state index contributed by atoms with van der Waals surface area (Å²) in [6.07, 6.45) is 2.83. The highest BCUT2D eigenvalue weighted by Gasteiger charge is 2.30. The molecule has 0 spiro atoms. The van der Waals surface area contributed by atoms with E-state index >= 15 is 0 Å². The third-order valence-electron chi connectivity index (χ3n) is 6.37. The summed E-state index contributed by atoms with van der Waals surface area (Å²) in [4.78, 5) is 15.2. The number of halogens is 2. The van der Waals surface area contributed by atoms with Crippen LogP contribution in [0.5, 0.6) is 0 Å². The Kier molecular flexibility index (Phi) is 8.65. The third kappa shape index (κ3) is 6.94. The predicted octanol–water partition coefficient (Wildman–Crippen LogP) is 5.77. The molecule has 8 heteroatoms. The molecular formula is C27H28BrClN2O3S. The van der Waals surface area contributed by atoms with E-state index in [1.165, 1.54) is 22.0 Å². The molecule has 0 saturated carbocycles. The molecule has 5 nitrogen and oxygen atoms in total. The number of hydrogen-bond acceptors (Lipinski definition) is 3. The molecular weight excluding hydrogens is 548 g/mol. The minimum atomic E-state index is -3.90. The molecule has 1 saturated heterocycles. The lowest BCUT2D eigenvalue weighted by molar-refractivity contribution is -0.132. The first kappa shape index (κ1) is 25.9. The van der Waals surface area contributed by atoms with Crippen LogP contribution in [-0.2, 0) is 27.8 Å². The van der Waals surface area contributed by atoms with Gasteiger partial charge in [0.05, 0.1) is 11.4 Å². The second-order valence-corrected chi connectivity index (χ2v) is 12.2. The second kappa shape index (κ2) is 11.7. The Labute approximate surface area is 220 Å². The molecule has 0 aromatic heterocycles. The predicted molar refractivity (Wildman–Crippen MR) is 143 cm³/mol. The van der Waals surface area contributed by atoms with Crippen LogP contribution in [-0.4, -0.2) is 43.2 Å². The molecule has 1 fully saturated rings. The zero-order valence-corrected chi connectivity index (χ0v) is 22.5. The van der Waals surface area contributed by atoms with Gasteiger partial charge in [-0.05, 0) is 72.7 Å². The third-order valence-corrected chi connectivity index (χ3v) is 8.96. The fraction of sp³-hybridized carbons (Fsp3) is 0.296. The Morgan fingerprint density at radius 2 is 1.54 bits per heavy atom. The van der Waals surface area contributed by atoms with Crippen molar-refractivity contribution >= 4 is 43.5 Å². The Morgan fingerprint density at radius 3 is 2.17 bits per heavy atom. The molecule has 3 aromatic rings. The highest BCUT2D eigenvalue weighted by Crippen LogP contribution is 2.24. The van der Waals surface area contributed by atoms with Crippen LogP contribution in [0.15, 0.2) is 88.2 Å². The van der Waals surface area contributed by atoms with Crippen LogP contribution in [0.4, 0.5) is 0 Å². The van der Waals surface area contributed by atoms with Crippen LogP contribution in [0.25, 0.3) is 0 Å². The Hall–Kier alpha value is -2.19. The molecule has 1 amide bonds. The van der Waals surface area contributed by atoms with Gasteiger partial charge in [-0.15, -0.1) is 0 Å². The number of benzene rings is 3. The maximum atomic E-state index is 13.5. The van der Waals surface area contributed by atoms with E-state index in [1.54, 1.807) is 17.0 Å². The van der Waals surface area contributed by atoms with Gasteiger partial charge in [0.2, 0.25) is 15.9 Å². The lowest BCUT2D eigenvalue weighted by Gasteiger charge is -2.33. The second-order valence-electron chi connectivity index (χ2n) is 8.87. The number of nitrogens with zero attached hydrogens (tertiary/aromatic N) is 2. The maximum absolute atomic E-state index is 13.5. The lowest BCUT2D eigenvalue weighted by Crippen LogP contribution is -2.45. The average molecular weight is 576 g/mol. The van der Waals surface area contributed by atoms with Crippen molar-refractivity contribution in [1.29, 1.82) is 0 Å². The molecule has 4 rings (SSSR count). The molecule has 35 heavy (non-hydrogen) atoms. The van der Waals surface area contributed by atoms with Crippen LogP contribution < -0.4 is 0 Å². The first-order valence-electron chi connectivity index (χ1n) is 11.6. The van der Waals surface area contributed by atoms with Gasteiger partial charge in [0.15, 0.2) is 0 Å². The van der Waals surface area contributed by atoms with Gasteiger partial charge in [-0.2, -0.15) is 4.31 Å². The number of likely N-dealkylation sites (tertiary alicyclic amines) is 1. The fourth-order valence-corrected chi connectivity index (χ4v) is 6.13. The largest absolute Gasteiger partial charge is 0.342 e. The van der Waals surface area contributed by atoms with Crippen molar-refractivity contribution in [2.75, 3.05) is 19.6 Å². The quantitative estimate of drug-likeness (QED) is 0.342. The summed E-state index contributed by atoms with van der Waals surface area (Å²) in [7, 11) is -3.90. The van der Waals surface area contributed by atoms with E-state index < -0.39 is 10.0 Å². The van der Waals surface area contributed by atoms with Gasteiger partial charge in [0.25, 0.3) is 0 Å².